The Morgan fingerprint density at radius 1 is 1.19 bits per heavy atom. The van der Waals surface area contributed by atoms with Gasteiger partial charge >= 0.3 is 6.03 Å². The Morgan fingerprint density at radius 2 is 1.85 bits per heavy atom. The van der Waals surface area contributed by atoms with Gasteiger partial charge < -0.3 is 26.2 Å². The number of anilines is 1. The van der Waals surface area contributed by atoms with Gasteiger partial charge in [-0.1, -0.05) is 12.1 Å². The standard InChI is InChI=1S/C19H31N5O2/c1-23(2)18(25)8-12-21-19(26)24-13-9-17(10-14-24)22-16-5-3-15(4-6-16)7-11-20/h3-6,17,22H,7-14,20H2,1-2H3,(H,21,26). The van der Waals surface area contributed by atoms with Crippen molar-refractivity contribution in [2.45, 2.75) is 31.7 Å². The van der Waals surface area contributed by atoms with Crippen LogP contribution in [-0.4, -0.2) is 68.1 Å². The zero-order valence-corrected chi connectivity index (χ0v) is 15.8. The first-order valence-corrected chi connectivity index (χ1v) is 9.28. The Bertz CT molecular complexity index is 580. The highest BCUT2D eigenvalue weighted by atomic mass is 16.2. The minimum absolute atomic E-state index is 0.0192. The molecule has 0 radical (unpaired) electrons. The molecule has 7 heteroatoms. The molecule has 1 aliphatic heterocycles. The van der Waals surface area contributed by atoms with Crippen molar-refractivity contribution in [2.75, 3.05) is 45.6 Å². The average Bonchev–Trinajstić information content (AvgIpc) is 2.64. The molecule has 0 atom stereocenters. The van der Waals surface area contributed by atoms with Crippen molar-refractivity contribution in [2.24, 2.45) is 5.73 Å². The first-order chi connectivity index (χ1) is 12.5. The molecule has 0 bridgehead atoms. The molecule has 1 aromatic carbocycles. The van der Waals surface area contributed by atoms with Crippen molar-refractivity contribution in [3.63, 3.8) is 0 Å². The van der Waals surface area contributed by atoms with Crippen LogP contribution in [0.2, 0.25) is 0 Å². The number of carbonyl (C=O) groups excluding carboxylic acids is 2. The molecule has 1 saturated heterocycles. The molecule has 3 amide bonds. The van der Waals surface area contributed by atoms with Crippen LogP contribution in [0.1, 0.15) is 24.8 Å². The molecule has 0 aromatic heterocycles. The van der Waals surface area contributed by atoms with Gasteiger partial charge in [-0.25, -0.2) is 4.79 Å². The SMILES string of the molecule is CN(C)C(=O)CCNC(=O)N1CCC(Nc2ccc(CCN)cc2)CC1. The van der Waals surface area contributed by atoms with Gasteiger partial charge in [0.1, 0.15) is 0 Å². The van der Waals surface area contributed by atoms with Gasteiger partial charge in [-0.3, -0.25) is 4.79 Å². The van der Waals surface area contributed by atoms with Crippen LogP contribution in [0.4, 0.5) is 10.5 Å². The smallest absolute Gasteiger partial charge is 0.317 e. The molecule has 1 aromatic rings. The van der Waals surface area contributed by atoms with E-state index >= 15 is 0 Å². The molecule has 0 unspecified atom stereocenters. The topological polar surface area (TPSA) is 90.7 Å². The highest BCUT2D eigenvalue weighted by Crippen LogP contribution is 2.17. The van der Waals surface area contributed by atoms with Gasteiger partial charge in [0, 0.05) is 51.9 Å². The predicted octanol–water partition coefficient (Wildman–Crippen LogP) is 1.25. The van der Waals surface area contributed by atoms with Crippen molar-refractivity contribution in [1.29, 1.82) is 0 Å². The fraction of sp³-hybridized carbons (Fsp3) is 0.579. The highest BCUT2D eigenvalue weighted by Gasteiger charge is 2.22. The molecule has 1 fully saturated rings. The Hall–Kier alpha value is -2.28. The number of piperidine rings is 1. The van der Waals surface area contributed by atoms with E-state index in [0.717, 1.165) is 38.0 Å². The van der Waals surface area contributed by atoms with Gasteiger partial charge in [0.15, 0.2) is 0 Å². The maximum absolute atomic E-state index is 12.2. The van der Waals surface area contributed by atoms with E-state index in [-0.39, 0.29) is 11.9 Å². The minimum atomic E-state index is -0.0823. The lowest BCUT2D eigenvalue weighted by atomic mass is 10.0. The lowest BCUT2D eigenvalue weighted by Crippen LogP contribution is -2.47. The minimum Gasteiger partial charge on any atom is -0.382 e. The van der Waals surface area contributed by atoms with Crippen molar-refractivity contribution >= 4 is 17.6 Å². The molecule has 4 N–H and O–H groups in total. The number of hydrogen-bond acceptors (Lipinski definition) is 4. The largest absolute Gasteiger partial charge is 0.382 e. The lowest BCUT2D eigenvalue weighted by Gasteiger charge is -2.33. The number of nitrogens with zero attached hydrogens (tertiary/aromatic N) is 2. The number of likely N-dealkylation sites (tertiary alicyclic amines) is 1. The third kappa shape index (κ3) is 6.22. The van der Waals surface area contributed by atoms with E-state index in [2.05, 4.69) is 34.9 Å². The molecular formula is C19H31N5O2. The van der Waals surface area contributed by atoms with E-state index in [1.54, 1.807) is 14.1 Å². The van der Waals surface area contributed by atoms with Crippen LogP contribution in [0.3, 0.4) is 0 Å². The number of nitrogens with one attached hydrogen (secondary N) is 2. The summed E-state index contributed by atoms with van der Waals surface area (Å²) < 4.78 is 0. The van der Waals surface area contributed by atoms with Crippen LogP contribution in [0.15, 0.2) is 24.3 Å². The Labute approximate surface area is 155 Å². The highest BCUT2D eigenvalue weighted by molar-refractivity contribution is 5.78. The molecule has 2 rings (SSSR count). The summed E-state index contributed by atoms with van der Waals surface area (Å²) in [5.74, 6) is 0.0192. The Morgan fingerprint density at radius 3 is 2.42 bits per heavy atom. The van der Waals surface area contributed by atoms with E-state index < -0.39 is 0 Å². The summed E-state index contributed by atoms with van der Waals surface area (Å²) in [5, 5.41) is 6.37. The van der Waals surface area contributed by atoms with Gasteiger partial charge in [0.2, 0.25) is 5.91 Å². The molecule has 1 heterocycles. The fourth-order valence-corrected chi connectivity index (χ4v) is 3.01. The summed E-state index contributed by atoms with van der Waals surface area (Å²) in [6.07, 6.45) is 3.05. The third-order valence-corrected chi connectivity index (χ3v) is 4.65. The summed E-state index contributed by atoms with van der Waals surface area (Å²) in [7, 11) is 3.43. The van der Waals surface area contributed by atoms with Crippen LogP contribution < -0.4 is 16.4 Å². The van der Waals surface area contributed by atoms with Gasteiger partial charge in [0.25, 0.3) is 0 Å². The molecule has 1 aliphatic rings. The summed E-state index contributed by atoms with van der Waals surface area (Å²) in [5.41, 5.74) is 7.93. The number of urea groups is 1. The number of rotatable bonds is 7. The van der Waals surface area contributed by atoms with Crippen LogP contribution >= 0.6 is 0 Å². The average molecular weight is 361 g/mol. The third-order valence-electron chi connectivity index (χ3n) is 4.65. The zero-order chi connectivity index (χ0) is 18.9. The van der Waals surface area contributed by atoms with E-state index in [0.29, 0.717) is 25.6 Å². The van der Waals surface area contributed by atoms with Gasteiger partial charge in [-0.15, -0.1) is 0 Å². The van der Waals surface area contributed by atoms with Gasteiger partial charge in [-0.2, -0.15) is 0 Å². The van der Waals surface area contributed by atoms with E-state index in [1.165, 1.54) is 10.5 Å². The normalized spacial score (nSPS) is 14.8. The first kappa shape index (κ1) is 20.0. The summed E-state index contributed by atoms with van der Waals surface area (Å²) in [6, 6.07) is 8.67. The summed E-state index contributed by atoms with van der Waals surface area (Å²) in [6.45, 7) is 2.48. The number of carbonyl (C=O) groups is 2. The molecule has 0 saturated carbocycles. The molecule has 144 valence electrons. The number of hydrogen-bond donors (Lipinski definition) is 3. The first-order valence-electron chi connectivity index (χ1n) is 9.28. The van der Waals surface area contributed by atoms with E-state index in [1.807, 2.05) is 4.90 Å². The fourth-order valence-electron chi connectivity index (χ4n) is 3.01. The molecular weight excluding hydrogens is 330 g/mol. The quantitative estimate of drug-likeness (QED) is 0.682. The maximum Gasteiger partial charge on any atom is 0.317 e. The van der Waals surface area contributed by atoms with Crippen LogP contribution in [0, 0.1) is 0 Å². The van der Waals surface area contributed by atoms with Gasteiger partial charge in [-0.05, 0) is 43.5 Å². The number of benzene rings is 1. The monoisotopic (exact) mass is 361 g/mol. The molecule has 7 nitrogen and oxygen atoms in total. The zero-order valence-electron chi connectivity index (χ0n) is 15.8. The number of amides is 3. The Balaban J connectivity index is 1.69. The number of nitrogens with two attached hydrogens (primary N) is 1. The van der Waals surface area contributed by atoms with Crippen molar-refractivity contribution in [3.8, 4) is 0 Å². The second kappa shape index (κ2) is 10.0. The van der Waals surface area contributed by atoms with Crippen molar-refractivity contribution in [3.05, 3.63) is 29.8 Å². The Kier molecular flexibility index (Phi) is 7.72. The second-order valence-electron chi connectivity index (χ2n) is 6.91. The van der Waals surface area contributed by atoms with Gasteiger partial charge in [0.05, 0.1) is 0 Å². The van der Waals surface area contributed by atoms with Crippen LogP contribution in [-0.2, 0) is 11.2 Å². The van der Waals surface area contributed by atoms with Crippen LogP contribution in [0.25, 0.3) is 0 Å². The maximum atomic E-state index is 12.2. The predicted molar refractivity (Wildman–Crippen MR) is 104 cm³/mol. The molecule has 0 aliphatic carbocycles. The summed E-state index contributed by atoms with van der Waals surface area (Å²) >= 11 is 0. The molecule has 0 spiro atoms. The van der Waals surface area contributed by atoms with Crippen molar-refractivity contribution < 1.29 is 9.59 Å². The van der Waals surface area contributed by atoms with E-state index in [9.17, 15) is 9.59 Å². The second-order valence-corrected chi connectivity index (χ2v) is 6.91. The summed E-state index contributed by atoms with van der Waals surface area (Å²) in [4.78, 5) is 27.0. The lowest BCUT2D eigenvalue weighted by molar-refractivity contribution is -0.128. The van der Waals surface area contributed by atoms with Crippen LogP contribution in [0.5, 0.6) is 0 Å². The van der Waals surface area contributed by atoms with E-state index in [4.69, 9.17) is 5.73 Å². The molecule has 26 heavy (non-hydrogen) atoms. The van der Waals surface area contributed by atoms with Crippen molar-refractivity contribution in [1.82, 2.24) is 15.1 Å².